The number of nitrogens with zero attached hydrogens (tertiary/aromatic N) is 4. The first-order valence-corrected chi connectivity index (χ1v) is 7.25. The van der Waals surface area contributed by atoms with Crippen LogP contribution in [0, 0.1) is 0 Å². The Hall–Kier alpha value is -0.910. The average molecular weight is 265 g/mol. The molecule has 0 aliphatic carbocycles. The van der Waals surface area contributed by atoms with Crippen LogP contribution in [0.4, 0.5) is 0 Å². The summed E-state index contributed by atoms with van der Waals surface area (Å²) in [7, 11) is 0. The molecule has 2 heterocycles. The molecule has 2 rings (SSSR count). The van der Waals surface area contributed by atoms with E-state index in [2.05, 4.69) is 33.2 Å². The molecule has 1 aromatic rings. The van der Waals surface area contributed by atoms with Gasteiger partial charge in [-0.25, -0.2) is 4.98 Å². The topological polar surface area (TPSA) is 50.3 Å². The van der Waals surface area contributed by atoms with E-state index in [9.17, 15) is 0 Å². The molecule has 2 N–H and O–H groups in total. The number of nitrogens with two attached hydrogens (primary N) is 1. The van der Waals surface area contributed by atoms with Gasteiger partial charge in [0.1, 0.15) is 0 Å². The molecule has 5 heteroatoms. The van der Waals surface area contributed by atoms with E-state index in [0.717, 1.165) is 39.3 Å². The molecule has 1 fully saturated rings. The van der Waals surface area contributed by atoms with E-state index in [1.165, 1.54) is 13.0 Å². The zero-order valence-electron chi connectivity index (χ0n) is 12.3. The van der Waals surface area contributed by atoms with E-state index in [-0.39, 0.29) is 5.54 Å². The Bertz CT molecular complexity index is 352. The van der Waals surface area contributed by atoms with Crippen LogP contribution in [0.15, 0.2) is 18.7 Å². The highest BCUT2D eigenvalue weighted by molar-refractivity contribution is 4.86. The average Bonchev–Trinajstić information content (AvgIpc) is 2.92. The molecule has 0 amide bonds. The van der Waals surface area contributed by atoms with Gasteiger partial charge in [0.2, 0.25) is 0 Å². The third kappa shape index (κ3) is 4.03. The van der Waals surface area contributed by atoms with Crippen LogP contribution in [0.25, 0.3) is 0 Å². The maximum Gasteiger partial charge on any atom is 0.0945 e. The number of rotatable bonds is 6. The summed E-state index contributed by atoms with van der Waals surface area (Å²) in [5.74, 6) is 0. The Morgan fingerprint density at radius 3 is 2.47 bits per heavy atom. The summed E-state index contributed by atoms with van der Waals surface area (Å²) in [5, 5.41) is 0. The van der Waals surface area contributed by atoms with Crippen molar-refractivity contribution in [3.8, 4) is 0 Å². The van der Waals surface area contributed by atoms with Crippen LogP contribution in [0.3, 0.4) is 0 Å². The Morgan fingerprint density at radius 2 is 1.89 bits per heavy atom. The largest absolute Gasteiger partial charge is 0.337 e. The summed E-state index contributed by atoms with van der Waals surface area (Å²) >= 11 is 0. The highest BCUT2D eigenvalue weighted by atomic mass is 15.3. The van der Waals surface area contributed by atoms with Gasteiger partial charge in [0.25, 0.3) is 0 Å². The summed E-state index contributed by atoms with van der Waals surface area (Å²) in [5.41, 5.74) is 5.98. The van der Waals surface area contributed by atoms with Gasteiger partial charge in [-0.2, -0.15) is 0 Å². The minimum absolute atomic E-state index is 0.142. The number of hydrogen-bond donors (Lipinski definition) is 1. The van der Waals surface area contributed by atoms with Gasteiger partial charge in [0.05, 0.1) is 6.33 Å². The summed E-state index contributed by atoms with van der Waals surface area (Å²) in [6, 6.07) is 0. The molecule has 1 aromatic heterocycles. The normalized spacial score (nSPS) is 18.9. The first-order valence-electron chi connectivity index (χ1n) is 7.25. The van der Waals surface area contributed by atoms with Crippen molar-refractivity contribution in [2.75, 3.05) is 39.3 Å². The molecule has 1 saturated heterocycles. The monoisotopic (exact) mass is 265 g/mol. The van der Waals surface area contributed by atoms with E-state index in [1.807, 2.05) is 18.7 Å². The summed E-state index contributed by atoms with van der Waals surface area (Å²) < 4.78 is 2.15. The fourth-order valence-electron chi connectivity index (χ4n) is 2.60. The second kappa shape index (κ2) is 6.50. The number of hydrogen-bond acceptors (Lipinski definition) is 4. The van der Waals surface area contributed by atoms with E-state index in [4.69, 9.17) is 5.73 Å². The van der Waals surface area contributed by atoms with E-state index >= 15 is 0 Å². The number of aryl methyl sites for hydroxylation is 1. The minimum Gasteiger partial charge on any atom is -0.337 e. The molecule has 0 aromatic carbocycles. The predicted octanol–water partition coefficient (Wildman–Crippen LogP) is 0.628. The number of piperazine rings is 1. The highest BCUT2D eigenvalue weighted by Gasteiger charge is 2.28. The maximum absolute atomic E-state index is 5.84. The first kappa shape index (κ1) is 14.5. The van der Waals surface area contributed by atoms with Crippen LogP contribution in [0.5, 0.6) is 0 Å². The molecule has 0 radical (unpaired) electrons. The van der Waals surface area contributed by atoms with Crippen LogP contribution in [-0.2, 0) is 6.54 Å². The van der Waals surface area contributed by atoms with Gasteiger partial charge >= 0.3 is 0 Å². The van der Waals surface area contributed by atoms with Gasteiger partial charge in [0, 0.05) is 57.2 Å². The van der Waals surface area contributed by atoms with Crippen LogP contribution in [0.2, 0.25) is 0 Å². The molecule has 0 atom stereocenters. The Balaban J connectivity index is 1.66. The van der Waals surface area contributed by atoms with E-state index < -0.39 is 0 Å². The first-order chi connectivity index (χ1) is 9.12. The van der Waals surface area contributed by atoms with Crippen molar-refractivity contribution >= 4 is 0 Å². The third-order valence-electron chi connectivity index (χ3n) is 4.18. The third-order valence-corrected chi connectivity index (χ3v) is 4.18. The van der Waals surface area contributed by atoms with Crippen LogP contribution in [0.1, 0.15) is 20.3 Å². The number of imidazole rings is 1. The van der Waals surface area contributed by atoms with Crippen molar-refractivity contribution in [3.05, 3.63) is 18.7 Å². The fourth-order valence-corrected chi connectivity index (χ4v) is 2.60. The van der Waals surface area contributed by atoms with E-state index in [0.29, 0.717) is 0 Å². The lowest BCUT2D eigenvalue weighted by Crippen LogP contribution is -2.57. The predicted molar refractivity (Wildman–Crippen MR) is 78.0 cm³/mol. The van der Waals surface area contributed by atoms with E-state index in [1.54, 1.807) is 0 Å². The standard InChI is InChI=1S/C14H27N5/c1-14(2,12-15)19-10-8-17(9-11-19)5-3-6-18-7-4-16-13-18/h4,7,13H,3,5-6,8-12,15H2,1-2H3. The maximum atomic E-state index is 5.84. The van der Waals surface area contributed by atoms with Crippen molar-refractivity contribution in [1.82, 2.24) is 19.4 Å². The quantitative estimate of drug-likeness (QED) is 0.819. The van der Waals surface area contributed by atoms with Gasteiger partial charge in [-0.3, -0.25) is 4.90 Å². The lowest BCUT2D eigenvalue weighted by molar-refractivity contribution is 0.0560. The van der Waals surface area contributed by atoms with Gasteiger partial charge in [-0.05, 0) is 26.8 Å². The second-order valence-electron chi connectivity index (χ2n) is 6.00. The van der Waals surface area contributed by atoms with Crippen molar-refractivity contribution in [2.24, 2.45) is 5.73 Å². The number of aromatic nitrogens is 2. The van der Waals surface area contributed by atoms with Gasteiger partial charge in [0.15, 0.2) is 0 Å². The van der Waals surface area contributed by atoms with Crippen molar-refractivity contribution in [2.45, 2.75) is 32.4 Å². The molecule has 1 aliphatic rings. The SMILES string of the molecule is CC(C)(CN)N1CCN(CCCn2ccnc2)CC1. The summed E-state index contributed by atoms with van der Waals surface area (Å²) in [4.78, 5) is 9.13. The molecule has 0 saturated carbocycles. The van der Waals surface area contributed by atoms with Crippen LogP contribution < -0.4 is 5.73 Å². The van der Waals surface area contributed by atoms with Crippen molar-refractivity contribution in [3.63, 3.8) is 0 Å². The molecular weight excluding hydrogens is 238 g/mol. The van der Waals surface area contributed by atoms with Crippen LogP contribution >= 0.6 is 0 Å². The summed E-state index contributed by atoms with van der Waals surface area (Å²) in [6.45, 7) is 12.0. The summed E-state index contributed by atoms with van der Waals surface area (Å²) in [6.07, 6.45) is 6.95. The molecule has 5 nitrogen and oxygen atoms in total. The van der Waals surface area contributed by atoms with Gasteiger partial charge in [-0.1, -0.05) is 0 Å². The molecule has 0 bridgehead atoms. The molecule has 108 valence electrons. The highest BCUT2D eigenvalue weighted by Crippen LogP contribution is 2.15. The molecule has 0 spiro atoms. The Morgan fingerprint density at radius 1 is 1.16 bits per heavy atom. The van der Waals surface area contributed by atoms with Crippen molar-refractivity contribution < 1.29 is 0 Å². The van der Waals surface area contributed by atoms with Crippen LogP contribution in [-0.4, -0.2) is 64.2 Å². The Kier molecular flexibility index (Phi) is 4.96. The van der Waals surface area contributed by atoms with Gasteiger partial charge in [-0.15, -0.1) is 0 Å². The lowest BCUT2D eigenvalue weighted by Gasteiger charge is -2.43. The minimum atomic E-state index is 0.142. The second-order valence-corrected chi connectivity index (χ2v) is 6.00. The lowest BCUT2D eigenvalue weighted by atomic mass is 10.0. The fraction of sp³-hybridized carbons (Fsp3) is 0.786. The molecule has 19 heavy (non-hydrogen) atoms. The zero-order valence-corrected chi connectivity index (χ0v) is 12.3. The zero-order chi connectivity index (χ0) is 13.7. The van der Waals surface area contributed by atoms with Crippen molar-refractivity contribution in [1.29, 1.82) is 0 Å². The Labute approximate surface area is 116 Å². The molecular formula is C14H27N5. The molecule has 1 aliphatic heterocycles. The van der Waals surface area contributed by atoms with Gasteiger partial charge < -0.3 is 15.2 Å². The molecule has 0 unspecified atom stereocenters. The smallest absolute Gasteiger partial charge is 0.0945 e.